The van der Waals surface area contributed by atoms with Crippen LogP contribution in [0.5, 0.6) is 5.88 Å². The highest BCUT2D eigenvalue weighted by atomic mass is 35.5. The molecule has 0 saturated carbocycles. The van der Waals surface area contributed by atoms with Crippen molar-refractivity contribution in [1.29, 1.82) is 0 Å². The smallest absolute Gasteiger partial charge is 0.236 e. The van der Waals surface area contributed by atoms with Crippen molar-refractivity contribution < 1.29 is 24.8 Å². The first-order valence-corrected chi connectivity index (χ1v) is 8.96. The van der Waals surface area contributed by atoms with Crippen LogP contribution in [0.25, 0.3) is 0 Å². The van der Waals surface area contributed by atoms with Crippen LogP contribution in [0.2, 0.25) is 5.02 Å². The fourth-order valence-corrected chi connectivity index (χ4v) is 3.39. The van der Waals surface area contributed by atoms with Crippen molar-refractivity contribution in [2.24, 2.45) is 0 Å². The van der Waals surface area contributed by atoms with Gasteiger partial charge >= 0.3 is 0 Å². The number of ether oxygens (including phenoxy) is 1. The number of benzene rings is 1. The molecule has 0 amide bonds. The molecule has 144 valence electrons. The van der Waals surface area contributed by atoms with E-state index in [9.17, 15) is 14.3 Å². The van der Waals surface area contributed by atoms with E-state index in [4.69, 9.17) is 16.3 Å². The normalized spacial score (nSPS) is 20.4. The predicted octanol–water partition coefficient (Wildman–Crippen LogP) is 0.345. The average Bonchev–Trinajstić information content (AvgIpc) is 2.63. The fourth-order valence-electron chi connectivity index (χ4n) is 3.23. The Morgan fingerprint density at radius 3 is 2.89 bits per heavy atom. The van der Waals surface area contributed by atoms with Crippen LogP contribution < -0.4 is 15.6 Å². The molecular weight excluding hydrogens is 375 g/mol. The van der Waals surface area contributed by atoms with Crippen LogP contribution in [0.3, 0.4) is 0 Å². The first-order valence-electron chi connectivity index (χ1n) is 8.58. The Hall–Kier alpha value is -2.29. The number of carboxylic acid groups (broad SMARTS) is 1. The SMILES string of the molecule is [NH3+]C1CC(c2nccnc2OCc2ccc(Cl)cc2F)CCN1CC(=O)[O-]. The summed E-state index contributed by atoms with van der Waals surface area (Å²) >= 11 is 5.76. The second-order valence-corrected chi connectivity index (χ2v) is 6.93. The van der Waals surface area contributed by atoms with Gasteiger partial charge in [0.05, 0.1) is 5.97 Å². The molecule has 0 spiro atoms. The summed E-state index contributed by atoms with van der Waals surface area (Å²) < 4.78 is 19.7. The molecule has 1 aromatic carbocycles. The van der Waals surface area contributed by atoms with Crippen LogP contribution in [0, 0.1) is 5.82 Å². The summed E-state index contributed by atoms with van der Waals surface area (Å²) in [5, 5.41) is 11.1. The molecule has 27 heavy (non-hydrogen) atoms. The summed E-state index contributed by atoms with van der Waals surface area (Å²) in [5.41, 5.74) is 5.08. The number of likely N-dealkylation sites (tertiary alicyclic amines) is 1. The van der Waals surface area contributed by atoms with E-state index in [2.05, 4.69) is 15.7 Å². The van der Waals surface area contributed by atoms with Gasteiger partial charge in [-0.25, -0.2) is 14.3 Å². The predicted molar refractivity (Wildman–Crippen MR) is 93.0 cm³/mol. The summed E-state index contributed by atoms with van der Waals surface area (Å²) in [7, 11) is 0. The van der Waals surface area contributed by atoms with Gasteiger partial charge in [0, 0.05) is 48.4 Å². The highest BCUT2D eigenvalue weighted by Gasteiger charge is 2.32. The van der Waals surface area contributed by atoms with Crippen molar-refractivity contribution in [1.82, 2.24) is 14.9 Å². The van der Waals surface area contributed by atoms with Crippen molar-refractivity contribution in [2.75, 3.05) is 13.1 Å². The minimum Gasteiger partial charge on any atom is -0.549 e. The number of carboxylic acids is 1. The molecule has 9 heteroatoms. The number of halogens is 2. The molecule has 1 fully saturated rings. The zero-order valence-corrected chi connectivity index (χ0v) is 15.4. The molecule has 3 rings (SSSR count). The standard InChI is InChI=1S/C18H20ClFN4O3/c19-13-2-1-12(14(20)8-13)10-27-18-17(22-4-5-23-18)11-3-6-24(9-16(25)26)15(21)7-11/h1-2,4-5,8,11,15H,3,6-7,9-10,21H2,(H,25,26). The van der Waals surface area contributed by atoms with Crippen molar-refractivity contribution in [3.63, 3.8) is 0 Å². The summed E-state index contributed by atoms with van der Waals surface area (Å²) in [6.45, 7) is 0.432. The van der Waals surface area contributed by atoms with E-state index in [1.165, 1.54) is 12.3 Å². The third-order valence-corrected chi connectivity index (χ3v) is 4.86. The summed E-state index contributed by atoms with van der Waals surface area (Å²) in [6, 6.07) is 4.40. The number of hydrogen-bond donors (Lipinski definition) is 1. The van der Waals surface area contributed by atoms with E-state index in [0.29, 0.717) is 41.5 Å². The molecule has 1 aromatic heterocycles. The average molecular weight is 395 g/mol. The van der Waals surface area contributed by atoms with Gasteiger partial charge in [-0.1, -0.05) is 17.7 Å². The number of carbonyl (C=O) groups is 1. The third-order valence-electron chi connectivity index (χ3n) is 4.63. The number of carbonyl (C=O) groups excluding carboxylic acids is 1. The molecule has 2 heterocycles. The van der Waals surface area contributed by atoms with Crippen LogP contribution in [0.1, 0.15) is 30.0 Å². The Bertz CT molecular complexity index is 823. The van der Waals surface area contributed by atoms with Crippen LogP contribution in [-0.2, 0) is 11.4 Å². The number of rotatable bonds is 6. The number of quaternary nitrogens is 1. The van der Waals surface area contributed by atoms with Crippen molar-refractivity contribution in [3.8, 4) is 5.88 Å². The Morgan fingerprint density at radius 2 is 2.19 bits per heavy atom. The van der Waals surface area contributed by atoms with Gasteiger partial charge in [-0.2, -0.15) is 0 Å². The molecule has 1 aliphatic rings. The lowest BCUT2D eigenvalue weighted by Crippen LogP contribution is -2.71. The van der Waals surface area contributed by atoms with E-state index < -0.39 is 11.8 Å². The first-order chi connectivity index (χ1) is 12.9. The van der Waals surface area contributed by atoms with Gasteiger partial charge in [0.1, 0.15) is 24.3 Å². The third kappa shape index (κ3) is 4.91. The maximum atomic E-state index is 13.9. The molecule has 7 nitrogen and oxygen atoms in total. The molecule has 2 unspecified atom stereocenters. The molecule has 1 saturated heterocycles. The monoisotopic (exact) mass is 394 g/mol. The lowest BCUT2D eigenvalue weighted by atomic mass is 9.91. The zero-order chi connectivity index (χ0) is 19.4. The summed E-state index contributed by atoms with van der Waals surface area (Å²) in [6.07, 6.45) is 4.24. The second kappa shape index (κ2) is 8.60. The first kappa shape index (κ1) is 19.5. The van der Waals surface area contributed by atoms with Crippen LogP contribution >= 0.6 is 11.6 Å². The number of aromatic nitrogens is 2. The van der Waals surface area contributed by atoms with Gasteiger partial charge in [-0.05, 0) is 18.6 Å². The minimum absolute atomic E-state index is 0.00598. The van der Waals surface area contributed by atoms with Crippen molar-refractivity contribution >= 4 is 17.6 Å². The van der Waals surface area contributed by atoms with Gasteiger partial charge in [0.15, 0.2) is 0 Å². The molecule has 2 aromatic rings. The number of aliphatic carboxylic acids is 1. The zero-order valence-electron chi connectivity index (χ0n) is 14.6. The van der Waals surface area contributed by atoms with Crippen molar-refractivity contribution in [3.05, 3.63) is 52.7 Å². The topological polar surface area (TPSA) is 106 Å². The molecule has 0 aliphatic carbocycles. The van der Waals surface area contributed by atoms with E-state index >= 15 is 0 Å². The fraction of sp³-hybridized carbons (Fsp3) is 0.389. The maximum Gasteiger partial charge on any atom is 0.236 e. The van der Waals surface area contributed by atoms with Gasteiger partial charge in [0.25, 0.3) is 0 Å². The maximum absolute atomic E-state index is 13.9. The molecule has 0 radical (unpaired) electrons. The Balaban J connectivity index is 1.70. The Morgan fingerprint density at radius 1 is 1.41 bits per heavy atom. The summed E-state index contributed by atoms with van der Waals surface area (Å²) in [5.74, 6) is -1.18. The van der Waals surface area contributed by atoms with E-state index in [1.54, 1.807) is 23.2 Å². The lowest BCUT2D eigenvalue weighted by Gasteiger charge is -2.34. The molecule has 1 aliphatic heterocycles. The highest BCUT2D eigenvalue weighted by molar-refractivity contribution is 6.30. The number of piperidine rings is 1. The van der Waals surface area contributed by atoms with Gasteiger partial charge in [-0.3, -0.25) is 4.98 Å². The van der Waals surface area contributed by atoms with Gasteiger partial charge < -0.3 is 20.4 Å². The highest BCUT2D eigenvalue weighted by Crippen LogP contribution is 2.32. The summed E-state index contributed by atoms with van der Waals surface area (Å²) in [4.78, 5) is 21.2. The number of hydrogen-bond acceptors (Lipinski definition) is 6. The number of nitrogens with zero attached hydrogens (tertiary/aromatic N) is 3. The quantitative estimate of drug-likeness (QED) is 0.757. The van der Waals surface area contributed by atoms with Gasteiger partial charge in [0.2, 0.25) is 5.88 Å². The Labute approximate surface area is 160 Å². The lowest BCUT2D eigenvalue weighted by molar-refractivity contribution is -0.465. The molecule has 0 bridgehead atoms. The van der Waals surface area contributed by atoms with Gasteiger partial charge in [-0.15, -0.1) is 0 Å². The van der Waals surface area contributed by atoms with Crippen LogP contribution in [0.15, 0.2) is 30.6 Å². The van der Waals surface area contributed by atoms with Crippen molar-refractivity contribution in [2.45, 2.75) is 31.5 Å². The molecule has 2 atom stereocenters. The van der Waals surface area contributed by atoms with E-state index in [1.807, 2.05) is 0 Å². The molecular formula is C18H20ClFN4O3. The molecule has 3 N–H and O–H groups in total. The largest absolute Gasteiger partial charge is 0.549 e. The van der Waals surface area contributed by atoms with Crippen LogP contribution in [-0.4, -0.2) is 40.1 Å². The Kier molecular flexibility index (Phi) is 6.20. The second-order valence-electron chi connectivity index (χ2n) is 6.49. The van der Waals surface area contributed by atoms with E-state index in [-0.39, 0.29) is 25.2 Å². The van der Waals surface area contributed by atoms with Crippen LogP contribution in [0.4, 0.5) is 4.39 Å². The minimum atomic E-state index is -1.12. The van der Waals surface area contributed by atoms with E-state index in [0.717, 1.165) is 0 Å².